The van der Waals surface area contributed by atoms with Crippen LogP contribution in [-0.2, 0) is 6.54 Å². The number of anilines is 1. The number of benzene rings is 2. The van der Waals surface area contributed by atoms with Crippen LogP contribution in [0.1, 0.15) is 11.1 Å². The Labute approximate surface area is 139 Å². The van der Waals surface area contributed by atoms with Crippen LogP contribution in [0.4, 0.5) is 5.82 Å². The maximum Gasteiger partial charge on any atom is 0.145 e. The quantitative estimate of drug-likeness (QED) is 0.598. The number of hydrogen-bond donors (Lipinski definition) is 2. The predicted molar refractivity (Wildman–Crippen MR) is 95.6 cm³/mol. The summed E-state index contributed by atoms with van der Waals surface area (Å²) in [4.78, 5) is 9.18. The highest BCUT2D eigenvalue weighted by atomic mass is 15.1. The van der Waals surface area contributed by atoms with Crippen LogP contribution in [-0.4, -0.2) is 20.2 Å². The molecule has 0 bridgehead atoms. The van der Waals surface area contributed by atoms with Crippen LogP contribution < -0.4 is 5.32 Å². The summed E-state index contributed by atoms with van der Waals surface area (Å²) in [6.07, 6.45) is 5.44. The topological polar surface area (TPSA) is 66.5 Å². The van der Waals surface area contributed by atoms with Gasteiger partial charge < -0.3 is 5.32 Å². The zero-order valence-corrected chi connectivity index (χ0v) is 13.3. The van der Waals surface area contributed by atoms with E-state index in [0.29, 0.717) is 0 Å². The third kappa shape index (κ3) is 2.84. The van der Waals surface area contributed by atoms with Gasteiger partial charge in [-0.15, -0.1) is 0 Å². The minimum Gasteiger partial charge on any atom is -0.365 e. The molecular formula is C19H17N5. The zero-order chi connectivity index (χ0) is 16.4. The van der Waals surface area contributed by atoms with Crippen molar-refractivity contribution in [2.45, 2.75) is 13.5 Å². The van der Waals surface area contributed by atoms with E-state index < -0.39 is 0 Å². The molecule has 0 aliphatic rings. The summed E-state index contributed by atoms with van der Waals surface area (Å²) in [5, 5.41) is 10.2. The van der Waals surface area contributed by atoms with Crippen molar-refractivity contribution in [3.8, 4) is 11.1 Å². The van der Waals surface area contributed by atoms with Crippen molar-refractivity contribution in [2.24, 2.45) is 0 Å². The predicted octanol–water partition coefficient (Wildman–Crippen LogP) is 3.94. The molecule has 0 saturated carbocycles. The first-order valence-corrected chi connectivity index (χ1v) is 7.84. The van der Waals surface area contributed by atoms with Crippen LogP contribution in [0.2, 0.25) is 0 Å². The standard InChI is InChI=1S/C19H17N5/c1-13-4-2-3-5-15(13)9-21-19-12-20-18-8-14(6-7-17(18)24-19)16-10-22-23-11-16/h2-8,10-12H,9H2,1H3,(H,21,24)(H,22,23). The third-order valence-corrected chi connectivity index (χ3v) is 4.10. The molecule has 24 heavy (non-hydrogen) atoms. The summed E-state index contributed by atoms with van der Waals surface area (Å²) in [6, 6.07) is 14.4. The van der Waals surface area contributed by atoms with Gasteiger partial charge >= 0.3 is 0 Å². The number of aromatic amines is 1. The van der Waals surface area contributed by atoms with Gasteiger partial charge in [0.1, 0.15) is 5.82 Å². The number of hydrogen-bond acceptors (Lipinski definition) is 4. The highest BCUT2D eigenvalue weighted by molar-refractivity contribution is 5.81. The molecule has 2 aromatic carbocycles. The van der Waals surface area contributed by atoms with E-state index in [1.165, 1.54) is 11.1 Å². The Morgan fingerprint density at radius 1 is 1.00 bits per heavy atom. The molecular weight excluding hydrogens is 298 g/mol. The number of aromatic nitrogens is 4. The summed E-state index contributed by atoms with van der Waals surface area (Å²) in [6.45, 7) is 2.85. The summed E-state index contributed by atoms with van der Waals surface area (Å²) in [7, 11) is 0. The van der Waals surface area contributed by atoms with E-state index in [0.717, 1.165) is 34.5 Å². The van der Waals surface area contributed by atoms with Crippen molar-refractivity contribution in [1.82, 2.24) is 20.2 Å². The van der Waals surface area contributed by atoms with Crippen LogP contribution in [0.25, 0.3) is 22.2 Å². The molecule has 0 atom stereocenters. The molecule has 5 nitrogen and oxygen atoms in total. The molecule has 118 valence electrons. The molecule has 0 unspecified atom stereocenters. The van der Waals surface area contributed by atoms with Crippen molar-refractivity contribution in [3.63, 3.8) is 0 Å². The second kappa shape index (κ2) is 6.12. The Kier molecular flexibility index (Phi) is 3.67. The van der Waals surface area contributed by atoms with Gasteiger partial charge in [-0.1, -0.05) is 30.3 Å². The molecule has 0 saturated heterocycles. The van der Waals surface area contributed by atoms with Crippen LogP contribution in [0.3, 0.4) is 0 Å². The van der Waals surface area contributed by atoms with Gasteiger partial charge in [0.25, 0.3) is 0 Å². The highest BCUT2D eigenvalue weighted by Gasteiger charge is 2.04. The molecule has 0 radical (unpaired) electrons. The SMILES string of the molecule is Cc1ccccc1CNc1cnc2cc(-c3cn[nH]c3)ccc2n1. The Bertz CT molecular complexity index is 976. The lowest BCUT2D eigenvalue weighted by Gasteiger charge is -2.09. The molecule has 4 aromatic rings. The Hall–Kier alpha value is -3.21. The first kappa shape index (κ1) is 14.4. The highest BCUT2D eigenvalue weighted by Crippen LogP contribution is 2.22. The molecule has 4 rings (SSSR count). The Morgan fingerprint density at radius 3 is 2.75 bits per heavy atom. The van der Waals surface area contributed by atoms with E-state index in [4.69, 9.17) is 0 Å². The fourth-order valence-electron chi connectivity index (χ4n) is 2.68. The minimum absolute atomic E-state index is 0.736. The molecule has 0 aliphatic heterocycles. The zero-order valence-electron chi connectivity index (χ0n) is 13.3. The van der Waals surface area contributed by atoms with Crippen molar-refractivity contribution in [1.29, 1.82) is 0 Å². The number of H-pyrrole nitrogens is 1. The smallest absolute Gasteiger partial charge is 0.145 e. The number of nitrogens with zero attached hydrogens (tertiary/aromatic N) is 3. The van der Waals surface area contributed by atoms with Crippen LogP contribution >= 0.6 is 0 Å². The van der Waals surface area contributed by atoms with E-state index in [1.54, 1.807) is 12.4 Å². The molecule has 0 aliphatic carbocycles. The monoisotopic (exact) mass is 315 g/mol. The normalized spacial score (nSPS) is 10.9. The third-order valence-electron chi connectivity index (χ3n) is 4.10. The van der Waals surface area contributed by atoms with Crippen LogP contribution in [0.15, 0.2) is 61.1 Å². The van der Waals surface area contributed by atoms with E-state index in [2.05, 4.69) is 44.5 Å². The summed E-state index contributed by atoms with van der Waals surface area (Å²) in [5.74, 6) is 0.779. The maximum atomic E-state index is 4.65. The van der Waals surface area contributed by atoms with E-state index in [1.807, 2.05) is 36.5 Å². The average molecular weight is 315 g/mol. The lowest BCUT2D eigenvalue weighted by atomic mass is 10.1. The van der Waals surface area contributed by atoms with Gasteiger partial charge in [-0.25, -0.2) is 4.98 Å². The lowest BCUT2D eigenvalue weighted by molar-refractivity contribution is 1.09. The first-order valence-electron chi connectivity index (χ1n) is 7.84. The molecule has 5 heteroatoms. The number of nitrogens with one attached hydrogen (secondary N) is 2. The van der Waals surface area contributed by atoms with E-state index in [9.17, 15) is 0 Å². The summed E-state index contributed by atoms with van der Waals surface area (Å²) in [5.41, 5.74) is 6.39. The van der Waals surface area contributed by atoms with Gasteiger partial charge in [-0.05, 0) is 35.7 Å². The van der Waals surface area contributed by atoms with Gasteiger partial charge in [0.15, 0.2) is 0 Å². The summed E-state index contributed by atoms with van der Waals surface area (Å²) >= 11 is 0. The lowest BCUT2D eigenvalue weighted by Crippen LogP contribution is -2.03. The Morgan fingerprint density at radius 2 is 1.92 bits per heavy atom. The molecule has 0 spiro atoms. The molecule has 0 fully saturated rings. The van der Waals surface area contributed by atoms with Gasteiger partial charge in [-0.3, -0.25) is 10.1 Å². The first-order chi connectivity index (χ1) is 11.8. The summed E-state index contributed by atoms with van der Waals surface area (Å²) < 4.78 is 0. The van der Waals surface area contributed by atoms with Gasteiger partial charge in [0, 0.05) is 18.3 Å². The molecule has 2 heterocycles. The maximum absolute atomic E-state index is 4.65. The van der Waals surface area contributed by atoms with Crippen molar-refractivity contribution >= 4 is 16.9 Å². The largest absolute Gasteiger partial charge is 0.365 e. The second-order valence-corrected chi connectivity index (χ2v) is 5.73. The van der Waals surface area contributed by atoms with Crippen molar-refractivity contribution in [3.05, 3.63) is 72.2 Å². The van der Waals surface area contributed by atoms with E-state index in [-0.39, 0.29) is 0 Å². The van der Waals surface area contributed by atoms with Gasteiger partial charge in [0.05, 0.1) is 23.4 Å². The molecule has 2 N–H and O–H groups in total. The number of rotatable bonds is 4. The minimum atomic E-state index is 0.736. The number of aryl methyl sites for hydroxylation is 1. The second-order valence-electron chi connectivity index (χ2n) is 5.73. The fraction of sp³-hybridized carbons (Fsp3) is 0.105. The fourth-order valence-corrected chi connectivity index (χ4v) is 2.68. The van der Waals surface area contributed by atoms with E-state index >= 15 is 0 Å². The van der Waals surface area contributed by atoms with Crippen molar-refractivity contribution in [2.75, 3.05) is 5.32 Å². The Balaban J connectivity index is 1.57. The average Bonchev–Trinajstić information content (AvgIpc) is 3.15. The van der Waals surface area contributed by atoms with Crippen LogP contribution in [0, 0.1) is 6.92 Å². The van der Waals surface area contributed by atoms with Crippen molar-refractivity contribution < 1.29 is 0 Å². The van der Waals surface area contributed by atoms with Gasteiger partial charge in [-0.2, -0.15) is 5.10 Å². The van der Waals surface area contributed by atoms with Crippen LogP contribution in [0.5, 0.6) is 0 Å². The number of fused-ring (bicyclic) bond motifs is 1. The van der Waals surface area contributed by atoms with Gasteiger partial charge in [0.2, 0.25) is 0 Å². The molecule has 2 aromatic heterocycles. The molecule has 0 amide bonds.